The molecule has 0 aromatic heterocycles. The Morgan fingerprint density at radius 3 is 2.57 bits per heavy atom. The van der Waals surface area contributed by atoms with E-state index in [9.17, 15) is 4.39 Å². The van der Waals surface area contributed by atoms with E-state index in [1.807, 2.05) is 31.2 Å². The minimum Gasteiger partial charge on any atom is -0.376 e. The molecule has 0 aliphatic heterocycles. The Morgan fingerprint density at radius 2 is 1.76 bits per heavy atom. The molecule has 0 spiro atoms. The molecule has 1 unspecified atom stereocenters. The van der Waals surface area contributed by atoms with Crippen LogP contribution in [-0.4, -0.2) is 0 Å². The van der Waals surface area contributed by atoms with Gasteiger partial charge in [-0.15, -0.1) is 0 Å². The molecule has 21 heavy (non-hydrogen) atoms. The minimum absolute atomic E-state index is 0.0202. The third kappa shape index (κ3) is 2.93. The maximum absolute atomic E-state index is 13.9. The van der Waals surface area contributed by atoms with E-state index in [2.05, 4.69) is 45.5 Å². The zero-order valence-corrected chi connectivity index (χ0v) is 13.2. The maximum atomic E-state index is 13.9. The summed E-state index contributed by atoms with van der Waals surface area (Å²) in [4.78, 5) is 0. The molecule has 0 radical (unpaired) electrons. The van der Waals surface area contributed by atoms with Gasteiger partial charge in [0.25, 0.3) is 0 Å². The van der Waals surface area contributed by atoms with Crippen LogP contribution in [0.15, 0.2) is 65.1 Å². The number of fused-ring (bicyclic) bond motifs is 1. The fraction of sp³-hybridized carbons (Fsp3) is 0.111. The van der Waals surface area contributed by atoms with Gasteiger partial charge in [-0.25, -0.2) is 4.39 Å². The standard InChI is InChI=1S/C18H15BrFN/c1-12(21-18-10-9-14(19)11-17(18)20)15-8-4-6-13-5-2-3-7-16(13)15/h2-12,21H,1H3. The van der Waals surface area contributed by atoms with Gasteiger partial charge < -0.3 is 5.32 Å². The van der Waals surface area contributed by atoms with Crippen LogP contribution in [0.1, 0.15) is 18.5 Å². The van der Waals surface area contributed by atoms with Gasteiger partial charge in [0, 0.05) is 10.5 Å². The number of hydrogen-bond acceptors (Lipinski definition) is 1. The van der Waals surface area contributed by atoms with Gasteiger partial charge in [0.1, 0.15) is 5.82 Å². The number of hydrogen-bond donors (Lipinski definition) is 1. The summed E-state index contributed by atoms with van der Waals surface area (Å²) in [6.07, 6.45) is 0. The summed E-state index contributed by atoms with van der Waals surface area (Å²) < 4.78 is 14.7. The Balaban J connectivity index is 1.95. The lowest BCUT2D eigenvalue weighted by Gasteiger charge is -2.18. The molecule has 3 heteroatoms. The number of rotatable bonds is 3. The molecule has 0 saturated heterocycles. The highest BCUT2D eigenvalue weighted by Crippen LogP contribution is 2.28. The molecule has 3 rings (SSSR count). The molecule has 1 N–H and O–H groups in total. The smallest absolute Gasteiger partial charge is 0.147 e. The van der Waals surface area contributed by atoms with Crippen LogP contribution < -0.4 is 5.32 Å². The van der Waals surface area contributed by atoms with Crippen molar-refractivity contribution in [3.63, 3.8) is 0 Å². The predicted molar refractivity (Wildman–Crippen MR) is 90.1 cm³/mol. The van der Waals surface area contributed by atoms with Crippen LogP contribution in [0, 0.1) is 5.82 Å². The van der Waals surface area contributed by atoms with E-state index in [0.29, 0.717) is 5.69 Å². The van der Waals surface area contributed by atoms with Gasteiger partial charge in [0.15, 0.2) is 0 Å². The molecule has 3 aromatic rings. The Hall–Kier alpha value is -1.87. The number of anilines is 1. The molecule has 106 valence electrons. The van der Waals surface area contributed by atoms with E-state index in [-0.39, 0.29) is 11.9 Å². The molecular weight excluding hydrogens is 329 g/mol. The van der Waals surface area contributed by atoms with Crippen molar-refractivity contribution in [1.29, 1.82) is 0 Å². The Labute approximate surface area is 131 Å². The van der Waals surface area contributed by atoms with Crippen molar-refractivity contribution in [2.45, 2.75) is 13.0 Å². The van der Waals surface area contributed by atoms with Crippen LogP contribution in [0.4, 0.5) is 10.1 Å². The van der Waals surface area contributed by atoms with Crippen LogP contribution in [0.25, 0.3) is 10.8 Å². The molecule has 0 bridgehead atoms. The number of benzene rings is 3. The molecule has 1 atom stereocenters. The van der Waals surface area contributed by atoms with Crippen molar-refractivity contribution in [2.24, 2.45) is 0 Å². The van der Waals surface area contributed by atoms with E-state index in [0.717, 1.165) is 10.0 Å². The predicted octanol–water partition coefficient (Wildman–Crippen LogP) is 5.91. The summed E-state index contributed by atoms with van der Waals surface area (Å²) >= 11 is 3.27. The third-order valence-corrected chi connectivity index (χ3v) is 4.09. The van der Waals surface area contributed by atoms with Gasteiger partial charge in [-0.1, -0.05) is 58.4 Å². The van der Waals surface area contributed by atoms with Gasteiger partial charge in [-0.3, -0.25) is 0 Å². The Kier molecular flexibility index (Phi) is 3.93. The highest BCUT2D eigenvalue weighted by Gasteiger charge is 2.11. The SMILES string of the molecule is CC(Nc1ccc(Br)cc1F)c1cccc2ccccc12. The fourth-order valence-corrected chi connectivity index (χ4v) is 2.88. The zero-order valence-electron chi connectivity index (χ0n) is 11.6. The Morgan fingerprint density at radius 1 is 1.00 bits per heavy atom. The normalized spacial score (nSPS) is 12.3. The summed E-state index contributed by atoms with van der Waals surface area (Å²) in [5.41, 5.74) is 1.68. The van der Waals surface area contributed by atoms with Gasteiger partial charge in [-0.05, 0) is 41.5 Å². The van der Waals surface area contributed by atoms with Crippen LogP contribution in [0.3, 0.4) is 0 Å². The summed E-state index contributed by atoms with van der Waals surface area (Å²) in [5, 5.41) is 5.64. The van der Waals surface area contributed by atoms with Gasteiger partial charge in [-0.2, -0.15) is 0 Å². The van der Waals surface area contributed by atoms with Crippen LogP contribution in [0.5, 0.6) is 0 Å². The molecule has 0 heterocycles. The maximum Gasteiger partial charge on any atom is 0.147 e. The first kappa shape index (κ1) is 14.1. The van der Waals surface area contributed by atoms with Gasteiger partial charge in [0.05, 0.1) is 5.69 Å². The van der Waals surface area contributed by atoms with E-state index >= 15 is 0 Å². The average Bonchev–Trinajstić information content (AvgIpc) is 2.49. The zero-order chi connectivity index (χ0) is 14.8. The van der Waals surface area contributed by atoms with Crippen LogP contribution in [-0.2, 0) is 0 Å². The first-order valence-corrected chi connectivity index (χ1v) is 7.64. The molecule has 1 nitrogen and oxygen atoms in total. The second kappa shape index (κ2) is 5.86. The first-order chi connectivity index (χ1) is 10.1. The topological polar surface area (TPSA) is 12.0 Å². The third-order valence-electron chi connectivity index (χ3n) is 3.59. The van der Waals surface area contributed by atoms with E-state index in [1.165, 1.54) is 16.8 Å². The average molecular weight is 344 g/mol. The molecule has 0 aliphatic carbocycles. The second-order valence-corrected chi connectivity index (χ2v) is 5.97. The monoisotopic (exact) mass is 343 g/mol. The lowest BCUT2D eigenvalue weighted by atomic mass is 9.99. The quantitative estimate of drug-likeness (QED) is 0.622. The van der Waals surface area contributed by atoms with Crippen molar-refractivity contribution >= 4 is 32.4 Å². The highest BCUT2D eigenvalue weighted by molar-refractivity contribution is 9.10. The molecule has 0 amide bonds. The largest absolute Gasteiger partial charge is 0.376 e. The van der Waals surface area contributed by atoms with Crippen molar-refractivity contribution in [3.05, 3.63) is 76.5 Å². The molecular formula is C18H15BrFN. The molecule has 0 saturated carbocycles. The van der Waals surface area contributed by atoms with Crippen molar-refractivity contribution in [1.82, 2.24) is 0 Å². The summed E-state index contributed by atoms with van der Waals surface area (Å²) in [6.45, 7) is 2.04. The van der Waals surface area contributed by atoms with E-state index < -0.39 is 0 Å². The van der Waals surface area contributed by atoms with Crippen molar-refractivity contribution in [2.75, 3.05) is 5.32 Å². The van der Waals surface area contributed by atoms with E-state index in [4.69, 9.17) is 0 Å². The van der Waals surface area contributed by atoms with E-state index in [1.54, 1.807) is 6.07 Å². The van der Waals surface area contributed by atoms with Crippen LogP contribution >= 0.6 is 15.9 Å². The lowest BCUT2D eigenvalue weighted by molar-refractivity contribution is 0.627. The van der Waals surface area contributed by atoms with Crippen LogP contribution in [0.2, 0.25) is 0 Å². The summed E-state index contributed by atoms with van der Waals surface area (Å²) in [6, 6.07) is 19.5. The fourth-order valence-electron chi connectivity index (χ4n) is 2.55. The van der Waals surface area contributed by atoms with Gasteiger partial charge in [0.2, 0.25) is 0 Å². The summed E-state index contributed by atoms with van der Waals surface area (Å²) in [5.74, 6) is -0.253. The highest BCUT2D eigenvalue weighted by atomic mass is 79.9. The van der Waals surface area contributed by atoms with Crippen molar-refractivity contribution in [3.8, 4) is 0 Å². The Bertz CT molecular complexity index is 780. The number of halogens is 2. The summed E-state index contributed by atoms with van der Waals surface area (Å²) in [7, 11) is 0. The van der Waals surface area contributed by atoms with Crippen molar-refractivity contribution < 1.29 is 4.39 Å². The first-order valence-electron chi connectivity index (χ1n) is 6.84. The molecule has 0 aliphatic rings. The number of nitrogens with one attached hydrogen (secondary N) is 1. The minimum atomic E-state index is -0.253. The molecule has 3 aromatic carbocycles. The lowest BCUT2D eigenvalue weighted by Crippen LogP contribution is -2.08. The second-order valence-electron chi connectivity index (χ2n) is 5.06. The molecule has 0 fully saturated rings. The van der Waals surface area contributed by atoms with Gasteiger partial charge >= 0.3 is 0 Å².